The minimum absolute atomic E-state index is 0.0533. The number of hydrogen-bond acceptors (Lipinski definition) is 4. The molecular formula is C12H15N3O3S. The molecule has 102 valence electrons. The number of nitrogens with one attached hydrogen (secondary N) is 1. The van der Waals surface area contributed by atoms with Crippen molar-refractivity contribution in [2.75, 3.05) is 18.4 Å². The number of nitrogens with zero attached hydrogens (tertiary/aromatic N) is 2. The maximum absolute atomic E-state index is 10.5. The van der Waals surface area contributed by atoms with E-state index in [0.29, 0.717) is 18.0 Å². The number of anilines is 1. The van der Waals surface area contributed by atoms with Crippen molar-refractivity contribution in [3.05, 3.63) is 34.4 Å². The lowest BCUT2D eigenvalue weighted by Gasteiger charge is -2.31. The summed E-state index contributed by atoms with van der Waals surface area (Å²) in [5.74, 6) is 0. The predicted octanol–water partition coefficient (Wildman–Crippen LogP) is 1.75. The minimum Gasteiger partial charge on any atom is -0.393 e. The first kappa shape index (κ1) is 13.7. The molecule has 2 rings (SSSR count). The zero-order valence-electron chi connectivity index (χ0n) is 10.3. The molecule has 1 aromatic carbocycles. The average molecular weight is 281 g/mol. The summed E-state index contributed by atoms with van der Waals surface area (Å²) in [7, 11) is 0. The van der Waals surface area contributed by atoms with Gasteiger partial charge in [0, 0.05) is 30.9 Å². The summed E-state index contributed by atoms with van der Waals surface area (Å²) in [6.45, 7) is 1.44. The molecule has 1 fully saturated rings. The Morgan fingerprint density at radius 1 is 1.37 bits per heavy atom. The molecule has 1 aliphatic heterocycles. The number of hydrogen-bond donors (Lipinski definition) is 2. The van der Waals surface area contributed by atoms with E-state index in [1.165, 1.54) is 12.1 Å². The number of aliphatic hydroxyl groups is 1. The monoisotopic (exact) mass is 281 g/mol. The van der Waals surface area contributed by atoms with Gasteiger partial charge in [-0.2, -0.15) is 0 Å². The van der Waals surface area contributed by atoms with Crippen LogP contribution in [-0.4, -0.2) is 39.2 Å². The van der Waals surface area contributed by atoms with Gasteiger partial charge in [0.15, 0.2) is 5.11 Å². The van der Waals surface area contributed by atoms with Crippen molar-refractivity contribution in [2.45, 2.75) is 18.9 Å². The minimum atomic E-state index is -0.436. The number of non-ortho nitro benzene ring substituents is 1. The van der Waals surface area contributed by atoms with Crippen molar-refractivity contribution in [3.63, 3.8) is 0 Å². The Kier molecular flexibility index (Phi) is 4.28. The summed E-state index contributed by atoms with van der Waals surface area (Å²) >= 11 is 5.28. The highest BCUT2D eigenvalue weighted by Gasteiger charge is 2.19. The topological polar surface area (TPSA) is 78.6 Å². The fraction of sp³-hybridized carbons (Fsp3) is 0.417. The maximum atomic E-state index is 10.5. The average Bonchev–Trinajstić information content (AvgIpc) is 2.40. The van der Waals surface area contributed by atoms with Crippen LogP contribution in [0.1, 0.15) is 12.8 Å². The van der Waals surface area contributed by atoms with Crippen molar-refractivity contribution in [1.29, 1.82) is 0 Å². The van der Waals surface area contributed by atoms with Crippen LogP contribution in [0.25, 0.3) is 0 Å². The molecule has 2 N–H and O–H groups in total. The maximum Gasteiger partial charge on any atom is 0.269 e. The van der Waals surface area contributed by atoms with Gasteiger partial charge in [0.2, 0.25) is 0 Å². The summed E-state index contributed by atoms with van der Waals surface area (Å²) in [6.07, 6.45) is 1.18. The van der Waals surface area contributed by atoms with Crippen molar-refractivity contribution in [3.8, 4) is 0 Å². The first-order valence-corrected chi connectivity index (χ1v) is 6.45. The molecule has 1 heterocycles. The third-order valence-corrected chi connectivity index (χ3v) is 3.44. The molecule has 1 aliphatic rings. The number of nitro groups is 1. The number of rotatable bonds is 2. The van der Waals surface area contributed by atoms with Crippen LogP contribution in [0.15, 0.2) is 24.3 Å². The van der Waals surface area contributed by atoms with Gasteiger partial charge in [-0.25, -0.2) is 0 Å². The Labute approximate surface area is 116 Å². The van der Waals surface area contributed by atoms with Gasteiger partial charge in [-0.1, -0.05) is 0 Å². The number of benzene rings is 1. The molecule has 0 unspecified atom stereocenters. The summed E-state index contributed by atoms with van der Waals surface area (Å²) in [4.78, 5) is 12.1. The van der Waals surface area contributed by atoms with Crippen molar-refractivity contribution in [2.24, 2.45) is 0 Å². The molecule has 0 spiro atoms. The molecule has 0 amide bonds. The van der Waals surface area contributed by atoms with E-state index in [1.807, 2.05) is 4.90 Å². The summed E-state index contributed by atoms with van der Waals surface area (Å²) in [5.41, 5.74) is 0.777. The van der Waals surface area contributed by atoms with E-state index in [-0.39, 0.29) is 11.8 Å². The van der Waals surface area contributed by atoms with Crippen LogP contribution in [-0.2, 0) is 0 Å². The number of piperidine rings is 1. The first-order chi connectivity index (χ1) is 9.06. The molecular weight excluding hydrogens is 266 g/mol. The summed E-state index contributed by atoms with van der Waals surface area (Å²) < 4.78 is 0. The van der Waals surface area contributed by atoms with E-state index in [1.54, 1.807) is 12.1 Å². The molecule has 0 atom stereocenters. The molecule has 0 aliphatic carbocycles. The van der Waals surface area contributed by atoms with Crippen LogP contribution in [0, 0.1) is 10.1 Å². The molecule has 6 nitrogen and oxygen atoms in total. The zero-order valence-corrected chi connectivity index (χ0v) is 11.1. The molecule has 0 aromatic heterocycles. The Bertz CT molecular complexity index is 470. The zero-order chi connectivity index (χ0) is 13.8. The molecule has 1 saturated heterocycles. The number of thiocarbonyl (C=S) groups is 1. The van der Waals surface area contributed by atoms with E-state index >= 15 is 0 Å². The SMILES string of the molecule is O=[N+]([O-])c1ccc(NC(=S)N2CCC(O)CC2)cc1. The lowest BCUT2D eigenvalue weighted by atomic mass is 10.1. The standard InChI is InChI=1S/C12H15N3O3S/c16-11-5-7-14(8-6-11)12(19)13-9-1-3-10(4-2-9)15(17)18/h1-4,11,16H,5-8H2,(H,13,19). The van der Waals surface area contributed by atoms with Crippen LogP contribution in [0.2, 0.25) is 0 Å². The second kappa shape index (κ2) is 5.94. The fourth-order valence-corrected chi connectivity index (χ4v) is 2.24. The van der Waals surface area contributed by atoms with Crippen LogP contribution in [0.3, 0.4) is 0 Å². The predicted molar refractivity (Wildman–Crippen MR) is 76.1 cm³/mol. The van der Waals surface area contributed by atoms with Gasteiger partial charge in [0.25, 0.3) is 5.69 Å². The van der Waals surface area contributed by atoms with E-state index in [2.05, 4.69) is 5.32 Å². The molecule has 0 radical (unpaired) electrons. The van der Waals surface area contributed by atoms with Gasteiger partial charge in [-0.05, 0) is 37.2 Å². The first-order valence-electron chi connectivity index (χ1n) is 6.05. The highest BCUT2D eigenvalue weighted by Crippen LogP contribution is 2.17. The Hall–Kier alpha value is -1.73. The van der Waals surface area contributed by atoms with Crippen LogP contribution in [0.5, 0.6) is 0 Å². The highest BCUT2D eigenvalue weighted by atomic mass is 32.1. The van der Waals surface area contributed by atoms with Gasteiger partial charge in [0.05, 0.1) is 11.0 Å². The normalized spacial score (nSPS) is 16.2. The second-order valence-corrected chi connectivity index (χ2v) is 4.84. The number of likely N-dealkylation sites (tertiary alicyclic amines) is 1. The van der Waals surface area contributed by atoms with Crippen molar-refractivity contribution < 1.29 is 10.0 Å². The van der Waals surface area contributed by atoms with Gasteiger partial charge in [-0.15, -0.1) is 0 Å². The van der Waals surface area contributed by atoms with E-state index in [9.17, 15) is 15.2 Å². The van der Waals surface area contributed by atoms with E-state index in [4.69, 9.17) is 12.2 Å². The van der Waals surface area contributed by atoms with Crippen LogP contribution >= 0.6 is 12.2 Å². The third kappa shape index (κ3) is 3.62. The molecule has 0 saturated carbocycles. The highest BCUT2D eigenvalue weighted by molar-refractivity contribution is 7.80. The lowest BCUT2D eigenvalue weighted by Crippen LogP contribution is -2.42. The largest absolute Gasteiger partial charge is 0.393 e. The van der Waals surface area contributed by atoms with Crippen molar-refractivity contribution >= 4 is 28.7 Å². The number of aliphatic hydroxyl groups excluding tert-OH is 1. The molecule has 0 bridgehead atoms. The Balaban J connectivity index is 1.93. The van der Waals surface area contributed by atoms with E-state index in [0.717, 1.165) is 18.8 Å². The fourth-order valence-electron chi connectivity index (χ4n) is 1.94. The van der Waals surface area contributed by atoms with Gasteiger partial charge < -0.3 is 15.3 Å². The van der Waals surface area contributed by atoms with Gasteiger partial charge >= 0.3 is 0 Å². The van der Waals surface area contributed by atoms with E-state index < -0.39 is 4.92 Å². The third-order valence-electron chi connectivity index (χ3n) is 3.08. The Morgan fingerprint density at radius 3 is 2.47 bits per heavy atom. The smallest absolute Gasteiger partial charge is 0.269 e. The quantitative estimate of drug-likeness (QED) is 0.488. The van der Waals surface area contributed by atoms with Gasteiger partial charge in [-0.3, -0.25) is 10.1 Å². The molecule has 1 aromatic rings. The van der Waals surface area contributed by atoms with Crippen molar-refractivity contribution in [1.82, 2.24) is 4.90 Å². The van der Waals surface area contributed by atoms with Crippen LogP contribution in [0.4, 0.5) is 11.4 Å². The van der Waals surface area contributed by atoms with Gasteiger partial charge in [0.1, 0.15) is 0 Å². The number of nitro benzene ring substituents is 1. The summed E-state index contributed by atoms with van der Waals surface area (Å²) in [6, 6.07) is 6.13. The molecule has 7 heteroatoms. The Morgan fingerprint density at radius 2 is 1.95 bits per heavy atom. The van der Waals surface area contributed by atoms with Crippen LogP contribution < -0.4 is 5.32 Å². The lowest BCUT2D eigenvalue weighted by molar-refractivity contribution is -0.384. The molecule has 19 heavy (non-hydrogen) atoms. The second-order valence-electron chi connectivity index (χ2n) is 4.45. The summed E-state index contributed by atoms with van der Waals surface area (Å²) in [5, 5.41) is 23.6.